The zero-order chi connectivity index (χ0) is 14.0. The molecule has 3 atom stereocenters. The Hall–Kier alpha value is -1.71. The number of carbonyl (C=O) groups is 1. The van der Waals surface area contributed by atoms with Gasteiger partial charge in [0.25, 0.3) is 5.91 Å². The third kappa shape index (κ3) is 2.83. The van der Waals surface area contributed by atoms with Crippen LogP contribution in [-0.4, -0.2) is 11.9 Å². The fourth-order valence-electron chi connectivity index (χ4n) is 3.06. The Bertz CT molecular complexity index is 472. The summed E-state index contributed by atoms with van der Waals surface area (Å²) in [7, 11) is 0. The summed E-state index contributed by atoms with van der Waals surface area (Å²) in [4.78, 5) is 12.2. The molecule has 1 aromatic carbocycles. The smallest absolute Gasteiger partial charge is 0.253 e. The minimum atomic E-state index is -0.0916. The molecule has 1 fully saturated rings. The van der Waals surface area contributed by atoms with E-state index in [0.717, 1.165) is 6.42 Å². The van der Waals surface area contributed by atoms with E-state index in [0.29, 0.717) is 28.8 Å². The van der Waals surface area contributed by atoms with Crippen molar-refractivity contribution < 1.29 is 4.79 Å². The molecule has 1 aliphatic rings. The maximum absolute atomic E-state index is 12.2. The first-order valence-electron chi connectivity index (χ1n) is 6.98. The lowest BCUT2D eigenvalue weighted by atomic mass is 9.93. The monoisotopic (exact) mass is 261 g/mol. The molecule has 1 aliphatic carbocycles. The van der Waals surface area contributed by atoms with Gasteiger partial charge < -0.3 is 16.8 Å². The van der Waals surface area contributed by atoms with Crippen LogP contribution in [0.2, 0.25) is 0 Å². The van der Waals surface area contributed by atoms with Crippen LogP contribution in [0.5, 0.6) is 0 Å². The molecule has 4 heteroatoms. The Morgan fingerprint density at radius 2 is 2.11 bits per heavy atom. The van der Waals surface area contributed by atoms with Crippen LogP contribution in [0.1, 0.15) is 43.5 Å². The van der Waals surface area contributed by atoms with E-state index in [-0.39, 0.29) is 11.9 Å². The topological polar surface area (TPSA) is 81.1 Å². The van der Waals surface area contributed by atoms with Gasteiger partial charge in [0.2, 0.25) is 0 Å². The van der Waals surface area contributed by atoms with E-state index >= 15 is 0 Å². The van der Waals surface area contributed by atoms with Gasteiger partial charge in [0, 0.05) is 17.4 Å². The van der Waals surface area contributed by atoms with Gasteiger partial charge in [0.05, 0.1) is 5.56 Å². The highest BCUT2D eigenvalue weighted by molar-refractivity contribution is 5.99. The van der Waals surface area contributed by atoms with Crippen molar-refractivity contribution in [1.29, 1.82) is 0 Å². The van der Waals surface area contributed by atoms with Crippen LogP contribution in [-0.2, 0) is 0 Å². The largest absolute Gasteiger partial charge is 0.399 e. The normalized spacial score (nSPS) is 26.3. The molecule has 0 saturated heterocycles. The summed E-state index contributed by atoms with van der Waals surface area (Å²) >= 11 is 0. The number of rotatable bonds is 3. The van der Waals surface area contributed by atoms with Gasteiger partial charge in [-0.15, -0.1) is 0 Å². The van der Waals surface area contributed by atoms with Crippen LogP contribution < -0.4 is 16.8 Å². The Kier molecular flexibility index (Phi) is 3.98. The van der Waals surface area contributed by atoms with Gasteiger partial charge in [-0.1, -0.05) is 20.3 Å². The Labute approximate surface area is 114 Å². The molecule has 19 heavy (non-hydrogen) atoms. The first-order chi connectivity index (χ1) is 9.02. The molecule has 1 saturated carbocycles. The highest BCUT2D eigenvalue weighted by atomic mass is 16.1. The zero-order valence-electron chi connectivity index (χ0n) is 11.6. The van der Waals surface area contributed by atoms with Gasteiger partial charge in [0.1, 0.15) is 0 Å². The van der Waals surface area contributed by atoms with E-state index < -0.39 is 0 Å². The number of hydrogen-bond acceptors (Lipinski definition) is 3. The standard InChI is InChI=1S/C15H23N3O/c1-3-10-4-7-14(9(10)2)18-15(19)12-6-5-11(16)8-13(12)17/h5-6,8-10,14H,3-4,7,16-17H2,1-2H3,(H,18,19). The molecular formula is C15H23N3O. The molecule has 4 nitrogen and oxygen atoms in total. The molecule has 0 heterocycles. The predicted molar refractivity (Wildman–Crippen MR) is 78.7 cm³/mol. The van der Waals surface area contributed by atoms with Crippen molar-refractivity contribution in [3.8, 4) is 0 Å². The van der Waals surface area contributed by atoms with Crippen molar-refractivity contribution in [2.75, 3.05) is 11.5 Å². The van der Waals surface area contributed by atoms with Crippen molar-refractivity contribution in [2.45, 2.75) is 39.2 Å². The Balaban J connectivity index is 2.05. The molecule has 0 aliphatic heterocycles. The number of nitrogens with two attached hydrogens (primary N) is 2. The predicted octanol–water partition coefficient (Wildman–Crippen LogP) is 2.41. The van der Waals surface area contributed by atoms with E-state index in [1.165, 1.54) is 12.8 Å². The average molecular weight is 261 g/mol. The number of carbonyl (C=O) groups excluding carboxylic acids is 1. The third-order valence-corrected chi connectivity index (χ3v) is 4.39. The number of nitrogen functional groups attached to an aromatic ring is 2. The molecule has 1 amide bonds. The van der Waals surface area contributed by atoms with Crippen molar-refractivity contribution >= 4 is 17.3 Å². The summed E-state index contributed by atoms with van der Waals surface area (Å²) in [6, 6.07) is 5.28. The summed E-state index contributed by atoms with van der Waals surface area (Å²) in [5.74, 6) is 1.16. The first kappa shape index (κ1) is 13.7. The van der Waals surface area contributed by atoms with Gasteiger partial charge in [-0.2, -0.15) is 0 Å². The number of amides is 1. The molecule has 0 aromatic heterocycles. The molecule has 0 bridgehead atoms. The van der Waals surface area contributed by atoms with E-state index in [4.69, 9.17) is 11.5 Å². The summed E-state index contributed by atoms with van der Waals surface area (Å²) < 4.78 is 0. The maximum atomic E-state index is 12.2. The van der Waals surface area contributed by atoms with Gasteiger partial charge in [-0.3, -0.25) is 4.79 Å². The number of anilines is 2. The SMILES string of the molecule is CCC1CCC(NC(=O)c2ccc(N)cc2N)C1C. The first-order valence-corrected chi connectivity index (χ1v) is 6.98. The van der Waals surface area contributed by atoms with Gasteiger partial charge in [0.15, 0.2) is 0 Å². The molecule has 2 rings (SSSR count). The maximum Gasteiger partial charge on any atom is 0.253 e. The van der Waals surface area contributed by atoms with Crippen LogP contribution in [0.25, 0.3) is 0 Å². The van der Waals surface area contributed by atoms with Crippen molar-refractivity contribution in [3.63, 3.8) is 0 Å². The second-order valence-electron chi connectivity index (χ2n) is 5.53. The zero-order valence-corrected chi connectivity index (χ0v) is 11.6. The second-order valence-corrected chi connectivity index (χ2v) is 5.53. The number of hydrogen-bond donors (Lipinski definition) is 3. The summed E-state index contributed by atoms with van der Waals surface area (Å²) in [5.41, 5.74) is 13.0. The lowest BCUT2D eigenvalue weighted by molar-refractivity contribution is 0.0927. The van der Waals surface area contributed by atoms with Crippen molar-refractivity contribution in [1.82, 2.24) is 5.32 Å². The van der Waals surface area contributed by atoms with E-state index in [9.17, 15) is 4.79 Å². The molecule has 104 valence electrons. The van der Waals surface area contributed by atoms with Crippen LogP contribution in [0, 0.1) is 11.8 Å². The molecule has 3 unspecified atom stereocenters. The highest BCUT2D eigenvalue weighted by Crippen LogP contribution is 2.34. The second kappa shape index (κ2) is 5.51. The quantitative estimate of drug-likeness (QED) is 0.731. The average Bonchev–Trinajstić information content (AvgIpc) is 2.70. The lowest BCUT2D eigenvalue weighted by Gasteiger charge is -2.21. The molecule has 1 aromatic rings. The van der Waals surface area contributed by atoms with E-state index in [2.05, 4.69) is 19.2 Å². The van der Waals surface area contributed by atoms with E-state index in [1.807, 2.05) is 0 Å². The molecular weight excluding hydrogens is 238 g/mol. The summed E-state index contributed by atoms with van der Waals surface area (Å²) in [5, 5.41) is 3.11. The van der Waals surface area contributed by atoms with Gasteiger partial charge >= 0.3 is 0 Å². The minimum Gasteiger partial charge on any atom is -0.399 e. The minimum absolute atomic E-state index is 0.0916. The molecule has 0 radical (unpaired) electrons. The number of nitrogens with one attached hydrogen (secondary N) is 1. The molecule has 0 spiro atoms. The van der Waals surface area contributed by atoms with Crippen molar-refractivity contribution in [3.05, 3.63) is 23.8 Å². The molecule has 5 N–H and O–H groups in total. The van der Waals surface area contributed by atoms with Gasteiger partial charge in [-0.25, -0.2) is 0 Å². The van der Waals surface area contributed by atoms with Gasteiger partial charge in [-0.05, 0) is 42.9 Å². The fourth-order valence-corrected chi connectivity index (χ4v) is 3.06. The highest BCUT2D eigenvalue weighted by Gasteiger charge is 2.32. The Morgan fingerprint density at radius 3 is 2.68 bits per heavy atom. The number of benzene rings is 1. The third-order valence-electron chi connectivity index (χ3n) is 4.39. The fraction of sp³-hybridized carbons (Fsp3) is 0.533. The Morgan fingerprint density at radius 1 is 1.37 bits per heavy atom. The van der Waals surface area contributed by atoms with Crippen LogP contribution in [0.4, 0.5) is 11.4 Å². The van der Waals surface area contributed by atoms with E-state index in [1.54, 1.807) is 18.2 Å². The lowest BCUT2D eigenvalue weighted by Crippen LogP contribution is -2.37. The van der Waals surface area contributed by atoms with Crippen LogP contribution in [0.15, 0.2) is 18.2 Å². The summed E-state index contributed by atoms with van der Waals surface area (Å²) in [6.07, 6.45) is 3.43. The van der Waals surface area contributed by atoms with Crippen LogP contribution >= 0.6 is 0 Å². The van der Waals surface area contributed by atoms with Crippen molar-refractivity contribution in [2.24, 2.45) is 11.8 Å². The van der Waals surface area contributed by atoms with Crippen LogP contribution in [0.3, 0.4) is 0 Å². The summed E-state index contributed by atoms with van der Waals surface area (Å²) in [6.45, 7) is 4.43.